The van der Waals surface area contributed by atoms with Gasteiger partial charge < -0.3 is 9.32 Å². The summed E-state index contributed by atoms with van der Waals surface area (Å²) in [5, 5.41) is 7.40. The molecule has 2 nitrogen and oxygen atoms in total. The van der Waals surface area contributed by atoms with Gasteiger partial charge >= 0.3 is 0 Å². The van der Waals surface area contributed by atoms with E-state index in [1.165, 1.54) is 77.2 Å². The van der Waals surface area contributed by atoms with Crippen molar-refractivity contribution in [3.8, 4) is 22.3 Å². The molecule has 0 radical (unpaired) electrons. The highest BCUT2D eigenvalue weighted by Crippen LogP contribution is 2.60. The van der Waals surface area contributed by atoms with E-state index in [9.17, 15) is 0 Å². The molecule has 0 bridgehead atoms. The molecule has 0 saturated heterocycles. The topological polar surface area (TPSA) is 16.4 Å². The third-order valence-electron chi connectivity index (χ3n) is 12.8. The van der Waals surface area contributed by atoms with Gasteiger partial charge in [-0.15, -0.1) is 0 Å². The Labute approximate surface area is 316 Å². The molecule has 260 valence electrons. The Morgan fingerprint density at radius 2 is 1.07 bits per heavy atom. The number of rotatable bonds is 3. The van der Waals surface area contributed by atoms with Crippen LogP contribution in [0.1, 0.15) is 61.1 Å². The summed E-state index contributed by atoms with van der Waals surface area (Å²) in [6, 6.07) is 52.0. The zero-order valence-corrected chi connectivity index (χ0v) is 31.6. The predicted octanol–water partition coefficient (Wildman–Crippen LogP) is 14.6. The zero-order valence-electron chi connectivity index (χ0n) is 31.6. The Balaban J connectivity index is 1.21. The monoisotopic (exact) mass is 695 g/mol. The van der Waals surface area contributed by atoms with E-state index in [0.717, 1.165) is 39.0 Å². The minimum absolute atomic E-state index is 0.114. The van der Waals surface area contributed by atoms with Gasteiger partial charge in [-0.2, -0.15) is 0 Å². The molecule has 2 heteroatoms. The quantitative estimate of drug-likeness (QED) is 0.183. The molecule has 0 spiro atoms. The molecule has 0 unspecified atom stereocenters. The fourth-order valence-electron chi connectivity index (χ4n) is 10.0. The van der Waals surface area contributed by atoms with E-state index >= 15 is 0 Å². The van der Waals surface area contributed by atoms with Gasteiger partial charge in [-0.1, -0.05) is 131 Å². The molecule has 0 aliphatic heterocycles. The summed E-state index contributed by atoms with van der Waals surface area (Å²) in [6.07, 6.45) is 0. The molecule has 9 aromatic rings. The molecule has 2 aliphatic carbocycles. The van der Waals surface area contributed by atoms with Crippen LogP contribution in [0.25, 0.3) is 65.7 Å². The van der Waals surface area contributed by atoms with Crippen LogP contribution in [0.4, 0.5) is 17.1 Å². The second-order valence-electron chi connectivity index (χ2n) is 16.6. The minimum Gasteiger partial charge on any atom is -0.454 e. The molecular weight excluding hydrogens is 655 g/mol. The SMILES string of the molecule is Cc1ccc(C)c(N(c2cc3c(c4ccccc24)-c2cc4c(cc2C3(C)C)-c2c(ccc3ccccc23)C4(C)C)c2cccc3c2oc2ccccc23)c1. The van der Waals surface area contributed by atoms with E-state index in [4.69, 9.17) is 4.42 Å². The fourth-order valence-corrected chi connectivity index (χ4v) is 10.0. The van der Waals surface area contributed by atoms with E-state index in [1.807, 2.05) is 0 Å². The number of nitrogens with zero attached hydrogens (tertiary/aromatic N) is 1. The molecule has 8 aromatic carbocycles. The fraction of sp³-hybridized carbons (Fsp3) is 0.154. The molecular formula is C52H41NO. The molecule has 0 fully saturated rings. The van der Waals surface area contributed by atoms with Crippen molar-refractivity contribution in [1.82, 2.24) is 0 Å². The first-order valence-corrected chi connectivity index (χ1v) is 19.2. The van der Waals surface area contributed by atoms with Crippen molar-refractivity contribution in [2.24, 2.45) is 0 Å². The second-order valence-corrected chi connectivity index (χ2v) is 16.6. The van der Waals surface area contributed by atoms with Crippen LogP contribution in [-0.4, -0.2) is 0 Å². The van der Waals surface area contributed by atoms with Crippen LogP contribution >= 0.6 is 0 Å². The van der Waals surface area contributed by atoms with Gasteiger partial charge in [-0.05, 0) is 122 Å². The van der Waals surface area contributed by atoms with Crippen molar-refractivity contribution in [3.05, 3.63) is 173 Å². The largest absolute Gasteiger partial charge is 0.454 e. The van der Waals surface area contributed by atoms with E-state index in [-0.39, 0.29) is 10.8 Å². The lowest BCUT2D eigenvalue weighted by molar-refractivity contribution is 0.652. The van der Waals surface area contributed by atoms with Crippen LogP contribution in [0, 0.1) is 13.8 Å². The number of para-hydroxylation sites is 2. The predicted molar refractivity (Wildman–Crippen MR) is 228 cm³/mol. The first-order chi connectivity index (χ1) is 26.1. The van der Waals surface area contributed by atoms with Gasteiger partial charge in [0.2, 0.25) is 0 Å². The Hall–Kier alpha value is -6.12. The van der Waals surface area contributed by atoms with Crippen LogP contribution in [0.3, 0.4) is 0 Å². The van der Waals surface area contributed by atoms with Crippen molar-refractivity contribution in [2.45, 2.75) is 52.4 Å². The Kier molecular flexibility index (Phi) is 6.24. The van der Waals surface area contributed by atoms with E-state index in [0.29, 0.717) is 0 Å². The van der Waals surface area contributed by atoms with Crippen LogP contribution in [-0.2, 0) is 10.8 Å². The van der Waals surface area contributed by atoms with Gasteiger partial charge in [-0.25, -0.2) is 0 Å². The van der Waals surface area contributed by atoms with Gasteiger partial charge in [0.15, 0.2) is 5.58 Å². The summed E-state index contributed by atoms with van der Waals surface area (Å²) in [5.41, 5.74) is 18.3. The highest BCUT2D eigenvalue weighted by Gasteiger charge is 2.43. The smallest absolute Gasteiger partial charge is 0.159 e. The Bertz CT molecular complexity index is 3080. The van der Waals surface area contributed by atoms with Crippen molar-refractivity contribution >= 4 is 60.5 Å². The van der Waals surface area contributed by atoms with Gasteiger partial charge in [0.25, 0.3) is 0 Å². The molecule has 1 aromatic heterocycles. The molecule has 11 rings (SSSR count). The highest BCUT2D eigenvalue weighted by molar-refractivity contribution is 6.15. The summed E-state index contributed by atoms with van der Waals surface area (Å²) in [7, 11) is 0. The van der Waals surface area contributed by atoms with Crippen molar-refractivity contribution in [3.63, 3.8) is 0 Å². The van der Waals surface area contributed by atoms with Gasteiger partial charge in [0, 0.05) is 32.7 Å². The number of aryl methyl sites for hydroxylation is 2. The van der Waals surface area contributed by atoms with Crippen molar-refractivity contribution in [2.75, 3.05) is 4.90 Å². The molecule has 54 heavy (non-hydrogen) atoms. The van der Waals surface area contributed by atoms with Gasteiger partial charge in [-0.3, -0.25) is 0 Å². The number of benzene rings is 8. The Morgan fingerprint density at radius 1 is 0.444 bits per heavy atom. The second kappa shape index (κ2) is 10.7. The standard InChI is InChI=1S/C52H41NO/c1-30-22-23-31(2)45(26-30)53(44-20-13-19-37-35-17-11-12-21-47(35)54-50(37)44)46-29-43-49(36-18-10-9-16-34(36)46)39-28-41-38(27-42(39)52(43,5)6)48-33-15-8-7-14-32(33)24-25-40(48)51(41,3)4/h7-29H,1-6H3. The molecule has 0 saturated carbocycles. The maximum Gasteiger partial charge on any atom is 0.159 e. The molecule has 0 amide bonds. The third-order valence-corrected chi connectivity index (χ3v) is 12.8. The normalized spacial score (nSPS) is 14.8. The maximum absolute atomic E-state index is 6.76. The lowest BCUT2D eigenvalue weighted by Crippen LogP contribution is -2.18. The summed E-state index contributed by atoms with van der Waals surface area (Å²) in [6.45, 7) is 14.1. The third kappa shape index (κ3) is 4.06. The number of fused-ring (bicyclic) bond motifs is 13. The van der Waals surface area contributed by atoms with Crippen molar-refractivity contribution in [1.29, 1.82) is 0 Å². The average Bonchev–Trinajstić information content (AvgIpc) is 3.75. The van der Waals surface area contributed by atoms with E-state index in [1.54, 1.807) is 0 Å². The van der Waals surface area contributed by atoms with E-state index in [2.05, 4.69) is 186 Å². The molecule has 1 heterocycles. The first-order valence-electron chi connectivity index (χ1n) is 19.2. The first kappa shape index (κ1) is 31.4. The average molecular weight is 696 g/mol. The number of hydrogen-bond acceptors (Lipinski definition) is 2. The summed E-state index contributed by atoms with van der Waals surface area (Å²) in [4.78, 5) is 2.47. The lowest BCUT2D eigenvalue weighted by atomic mass is 9.79. The summed E-state index contributed by atoms with van der Waals surface area (Å²) < 4.78 is 6.76. The molecule has 0 N–H and O–H groups in total. The minimum atomic E-state index is -0.241. The zero-order chi connectivity index (χ0) is 36.7. The van der Waals surface area contributed by atoms with E-state index < -0.39 is 0 Å². The number of anilines is 3. The molecule has 2 aliphatic rings. The summed E-state index contributed by atoms with van der Waals surface area (Å²) >= 11 is 0. The van der Waals surface area contributed by atoms with Crippen LogP contribution in [0.2, 0.25) is 0 Å². The summed E-state index contributed by atoms with van der Waals surface area (Å²) in [5.74, 6) is 0. The number of furan rings is 1. The highest BCUT2D eigenvalue weighted by atomic mass is 16.3. The van der Waals surface area contributed by atoms with Crippen LogP contribution in [0.15, 0.2) is 144 Å². The van der Waals surface area contributed by atoms with Crippen LogP contribution in [0.5, 0.6) is 0 Å². The van der Waals surface area contributed by atoms with Crippen molar-refractivity contribution < 1.29 is 4.42 Å². The van der Waals surface area contributed by atoms with Crippen LogP contribution < -0.4 is 4.90 Å². The maximum atomic E-state index is 6.76. The number of hydrogen-bond donors (Lipinski definition) is 0. The molecule has 0 atom stereocenters. The van der Waals surface area contributed by atoms with Gasteiger partial charge in [0.1, 0.15) is 5.58 Å². The Morgan fingerprint density at radius 3 is 1.85 bits per heavy atom. The van der Waals surface area contributed by atoms with Gasteiger partial charge in [0.05, 0.1) is 11.4 Å². The lowest BCUT2D eigenvalue weighted by Gasteiger charge is -2.31.